The second-order valence-electron chi connectivity index (χ2n) is 6.88. The van der Waals surface area contributed by atoms with Crippen LogP contribution in [0, 0.1) is 0 Å². The van der Waals surface area contributed by atoms with Crippen LogP contribution in [0.5, 0.6) is 5.75 Å². The first-order chi connectivity index (χ1) is 13.6. The second kappa shape index (κ2) is 10.2. The first-order valence-electron chi connectivity index (χ1n) is 9.48. The Labute approximate surface area is 165 Å². The number of nitrogens with zero attached hydrogens (tertiary/aromatic N) is 3. The summed E-state index contributed by atoms with van der Waals surface area (Å²) >= 11 is 0. The zero-order valence-corrected chi connectivity index (χ0v) is 16.2. The molecule has 0 bridgehead atoms. The molecule has 28 heavy (non-hydrogen) atoms. The fourth-order valence-electron chi connectivity index (χ4n) is 3.20. The van der Waals surface area contributed by atoms with E-state index in [1.54, 1.807) is 24.3 Å². The van der Waals surface area contributed by atoms with Crippen molar-refractivity contribution < 1.29 is 19.4 Å². The first-order valence-corrected chi connectivity index (χ1v) is 9.48. The van der Waals surface area contributed by atoms with Crippen LogP contribution in [0.4, 0.5) is 0 Å². The molecule has 1 aromatic carbocycles. The third kappa shape index (κ3) is 6.02. The number of piperazine rings is 1. The number of aromatic nitrogens is 1. The summed E-state index contributed by atoms with van der Waals surface area (Å²) in [7, 11) is 1.35. The van der Waals surface area contributed by atoms with Crippen LogP contribution >= 0.6 is 0 Å². The van der Waals surface area contributed by atoms with Crippen molar-refractivity contribution in [2.75, 3.05) is 46.4 Å². The van der Waals surface area contributed by atoms with Crippen molar-refractivity contribution >= 4 is 5.97 Å². The quantitative estimate of drug-likeness (QED) is 0.689. The fourth-order valence-corrected chi connectivity index (χ4v) is 3.20. The number of methoxy groups -OCH3 is 1. The van der Waals surface area contributed by atoms with Crippen LogP contribution in [-0.4, -0.2) is 78.4 Å². The number of aliphatic hydroxyl groups is 1. The summed E-state index contributed by atoms with van der Waals surface area (Å²) in [5.41, 5.74) is 1.56. The highest BCUT2D eigenvalue weighted by Gasteiger charge is 2.20. The van der Waals surface area contributed by atoms with Gasteiger partial charge in [0.25, 0.3) is 0 Å². The van der Waals surface area contributed by atoms with Crippen molar-refractivity contribution in [2.45, 2.75) is 12.6 Å². The minimum atomic E-state index is -0.567. The summed E-state index contributed by atoms with van der Waals surface area (Å²) in [6.07, 6.45) is 1.26. The lowest BCUT2D eigenvalue weighted by molar-refractivity contribution is 0.0443. The molecule has 1 N–H and O–H groups in total. The molecule has 0 radical (unpaired) electrons. The maximum Gasteiger partial charge on any atom is 0.337 e. The van der Waals surface area contributed by atoms with Crippen molar-refractivity contribution in [3.8, 4) is 5.75 Å². The van der Waals surface area contributed by atoms with Crippen molar-refractivity contribution in [3.63, 3.8) is 0 Å². The number of β-amino-alcohol motifs (C(OH)–C–C–N with tert-alkyl or cyclic N) is 1. The highest BCUT2D eigenvalue weighted by atomic mass is 16.5. The Kier molecular flexibility index (Phi) is 7.36. The molecule has 1 aliphatic rings. The minimum Gasteiger partial charge on any atom is -0.491 e. The van der Waals surface area contributed by atoms with Crippen LogP contribution in [0.25, 0.3) is 0 Å². The van der Waals surface area contributed by atoms with E-state index >= 15 is 0 Å². The van der Waals surface area contributed by atoms with E-state index in [9.17, 15) is 9.90 Å². The number of pyridine rings is 1. The predicted octanol–water partition coefficient (Wildman–Crippen LogP) is 1.43. The Morgan fingerprint density at radius 2 is 1.82 bits per heavy atom. The third-order valence-corrected chi connectivity index (χ3v) is 4.76. The van der Waals surface area contributed by atoms with Gasteiger partial charge in [-0.2, -0.15) is 0 Å². The van der Waals surface area contributed by atoms with Crippen molar-refractivity contribution in [1.82, 2.24) is 14.8 Å². The first kappa shape index (κ1) is 20.3. The number of esters is 1. The summed E-state index contributed by atoms with van der Waals surface area (Å²) in [6.45, 7) is 5.40. The monoisotopic (exact) mass is 385 g/mol. The molecule has 7 heteroatoms. The highest BCUT2D eigenvalue weighted by Crippen LogP contribution is 2.14. The van der Waals surface area contributed by atoms with Gasteiger partial charge in [-0.25, -0.2) is 4.79 Å². The molecular formula is C21H27N3O4. The summed E-state index contributed by atoms with van der Waals surface area (Å²) < 4.78 is 10.3. The zero-order valence-electron chi connectivity index (χ0n) is 16.2. The number of aliphatic hydroxyl groups excluding tert-OH is 1. The molecule has 1 aliphatic heterocycles. The van der Waals surface area contributed by atoms with Gasteiger partial charge in [0.15, 0.2) is 0 Å². The topological polar surface area (TPSA) is 75.1 Å². The molecule has 1 atom stereocenters. The van der Waals surface area contributed by atoms with Gasteiger partial charge < -0.3 is 14.6 Å². The van der Waals surface area contributed by atoms with E-state index in [0.29, 0.717) is 17.9 Å². The molecule has 7 nitrogen and oxygen atoms in total. The maximum absolute atomic E-state index is 11.4. The van der Waals surface area contributed by atoms with E-state index in [-0.39, 0.29) is 12.6 Å². The number of benzene rings is 1. The zero-order chi connectivity index (χ0) is 19.8. The van der Waals surface area contributed by atoms with E-state index in [1.165, 1.54) is 7.11 Å². The van der Waals surface area contributed by atoms with Gasteiger partial charge in [-0.1, -0.05) is 6.07 Å². The molecule has 2 heterocycles. The van der Waals surface area contributed by atoms with Crippen molar-refractivity contribution in [1.29, 1.82) is 0 Å². The average molecular weight is 385 g/mol. The van der Waals surface area contributed by atoms with E-state index in [1.807, 2.05) is 24.4 Å². The summed E-state index contributed by atoms with van der Waals surface area (Å²) in [4.78, 5) is 20.4. The van der Waals surface area contributed by atoms with E-state index in [2.05, 4.69) is 19.5 Å². The molecule has 3 rings (SSSR count). The molecule has 0 spiro atoms. The number of ether oxygens (including phenoxy) is 2. The number of carbonyl (C=O) groups is 1. The van der Waals surface area contributed by atoms with Gasteiger partial charge in [-0.05, 0) is 36.4 Å². The lowest BCUT2D eigenvalue weighted by Crippen LogP contribution is -2.48. The normalized spacial score (nSPS) is 16.5. The molecule has 2 aromatic rings. The molecule has 1 saturated heterocycles. The molecule has 1 aromatic heterocycles. The van der Waals surface area contributed by atoms with Gasteiger partial charge in [0.2, 0.25) is 0 Å². The van der Waals surface area contributed by atoms with Crippen molar-refractivity contribution in [3.05, 3.63) is 59.9 Å². The van der Waals surface area contributed by atoms with Crippen LogP contribution < -0.4 is 4.74 Å². The van der Waals surface area contributed by atoms with Gasteiger partial charge in [-0.3, -0.25) is 14.8 Å². The lowest BCUT2D eigenvalue weighted by atomic mass is 10.2. The van der Waals surface area contributed by atoms with Gasteiger partial charge in [-0.15, -0.1) is 0 Å². The van der Waals surface area contributed by atoms with Gasteiger partial charge in [0.1, 0.15) is 18.5 Å². The summed E-state index contributed by atoms with van der Waals surface area (Å²) in [5.74, 6) is 0.237. The maximum atomic E-state index is 11.4. The molecule has 1 fully saturated rings. The van der Waals surface area contributed by atoms with E-state index in [0.717, 1.165) is 38.4 Å². The standard InChI is InChI=1S/C21H27N3O4/c1-27-21(26)17-5-7-20(8-6-17)28-16-19(25)15-24-12-10-23(11-13-24)14-18-4-2-3-9-22-18/h2-9,19,25H,10-16H2,1H3. The molecule has 1 unspecified atom stereocenters. The number of carbonyl (C=O) groups excluding carboxylic acids is 1. The summed E-state index contributed by atoms with van der Waals surface area (Å²) in [6, 6.07) is 12.7. The highest BCUT2D eigenvalue weighted by molar-refractivity contribution is 5.89. The van der Waals surface area contributed by atoms with Crippen LogP contribution in [0.15, 0.2) is 48.7 Å². The Morgan fingerprint density at radius 3 is 2.46 bits per heavy atom. The van der Waals surface area contributed by atoms with Gasteiger partial charge >= 0.3 is 5.97 Å². The van der Waals surface area contributed by atoms with Crippen LogP contribution in [0.2, 0.25) is 0 Å². The molecular weight excluding hydrogens is 358 g/mol. The Bertz CT molecular complexity index is 731. The Hall–Kier alpha value is -2.48. The molecule has 0 saturated carbocycles. The van der Waals surface area contributed by atoms with Gasteiger partial charge in [0, 0.05) is 45.5 Å². The number of rotatable bonds is 8. The number of hydrogen-bond acceptors (Lipinski definition) is 7. The smallest absolute Gasteiger partial charge is 0.337 e. The molecule has 0 amide bonds. The van der Waals surface area contributed by atoms with Crippen molar-refractivity contribution in [2.24, 2.45) is 0 Å². The fraction of sp³-hybridized carbons (Fsp3) is 0.429. The van der Waals surface area contributed by atoms with Crippen LogP contribution in [0.1, 0.15) is 16.1 Å². The predicted molar refractivity (Wildman–Crippen MR) is 105 cm³/mol. The Balaban J connectivity index is 1.36. The number of hydrogen-bond donors (Lipinski definition) is 1. The average Bonchev–Trinajstić information content (AvgIpc) is 2.74. The SMILES string of the molecule is COC(=O)c1ccc(OCC(O)CN2CCN(Cc3ccccn3)CC2)cc1. The van der Waals surface area contributed by atoms with Crippen LogP contribution in [-0.2, 0) is 11.3 Å². The van der Waals surface area contributed by atoms with Crippen LogP contribution in [0.3, 0.4) is 0 Å². The molecule has 0 aliphatic carbocycles. The Morgan fingerprint density at radius 1 is 1.11 bits per heavy atom. The van der Waals surface area contributed by atoms with Gasteiger partial charge in [0.05, 0.1) is 18.4 Å². The lowest BCUT2D eigenvalue weighted by Gasteiger charge is -2.35. The summed E-state index contributed by atoms with van der Waals surface area (Å²) in [5, 5.41) is 10.3. The minimum absolute atomic E-state index is 0.214. The third-order valence-electron chi connectivity index (χ3n) is 4.76. The van der Waals surface area contributed by atoms with E-state index in [4.69, 9.17) is 4.74 Å². The second-order valence-corrected chi connectivity index (χ2v) is 6.88. The van der Waals surface area contributed by atoms with E-state index < -0.39 is 6.10 Å². The molecule has 150 valence electrons. The largest absolute Gasteiger partial charge is 0.491 e.